The summed E-state index contributed by atoms with van der Waals surface area (Å²) in [6.07, 6.45) is -0.748. The van der Waals surface area contributed by atoms with Gasteiger partial charge in [0.05, 0.1) is 18.1 Å². The highest BCUT2D eigenvalue weighted by Gasteiger charge is 2.20. The average molecular weight is 278 g/mol. The Morgan fingerprint density at radius 3 is 2.30 bits per heavy atom. The fourth-order valence-electron chi connectivity index (χ4n) is 1.46. The second kappa shape index (κ2) is 5.21. The van der Waals surface area contributed by atoms with Crippen LogP contribution >= 0.6 is 0 Å². The summed E-state index contributed by atoms with van der Waals surface area (Å²) in [5.41, 5.74) is 0.690. The summed E-state index contributed by atoms with van der Waals surface area (Å²) in [6.45, 7) is 0. The molecule has 1 aromatic carbocycles. The van der Waals surface area contributed by atoms with Gasteiger partial charge in [0.15, 0.2) is 5.69 Å². The summed E-state index contributed by atoms with van der Waals surface area (Å²) in [6, 6.07) is 5.69. The van der Waals surface area contributed by atoms with Crippen molar-refractivity contribution in [2.45, 2.75) is 6.16 Å². The zero-order chi connectivity index (χ0) is 14.8. The number of aromatic carboxylic acids is 1. The third-order valence-electron chi connectivity index (χ3n) is 2.26. The van der Waals surface area contributed by atoms with Crippen LogP contribution in [0.15, 0.2) is 36.7 Å². The SMILES string of the molecule is O=C(O)c1cncc(-c2ccc(OC(O)(O)O)cc2)n1. The Balaban J connectivity index is 2.26. The number of hydrogen-bond donors (Lipinski definition) is 4. The molecular weight excluding hydrogens is 268 g/mol. The van der Waals surface area contributed by atoms with E-state index in [-0.39, 0.29) is 11.4 Å². The summed E-state index contributed by atoms with van der Waals surface area (Å²) in [4.78, 5) is 18.5. The summed E-state index contributed by atoms with van der Waals surface area (Å²) in [7, 11) is 0. The zero-order valence-corrected chi connectivity index (χ0v) is 9.96. The molecule has 0 bridgehead atoms. The quantitative estimate of drug-likeness (QED) is 0.565. The second-order valence-electron chi connectivity index (χ2n) is 3.80. The first kappa shape index (κ1) is 13.9. The molecule has 8 heteroatoms. The van der Waals surface area contributed by atoms with Gasteiger partial charge in [0.2, 0.25) is 0 Å². The lowest BCUT2D eigenvalue weighted by Crippen LogP contribution is -2.34. The standard InChI is InChI=1S/C12H10N2O6/c15-11(16)10-6-13-5-9(14-10)7-1-3-8(4-2-7)20-12(17,18)19/h1-6,17-19H,(H,15,16). The minimum absolute atomic E-state index is 0.00333. The van der Waals surface area contributed by atoms with Gasteiger partial charge in [0, 0.05) is 5.56 Å². The van der Waals surface area contributed by atoms with Crippen molar-refractivity contribution in [2.75, 3.05) is 0 Å². The molecule has 0 aliphatic heterocycles. The highest BCUT2D eigenvalue weighted by molar-refractivity contribution is 5.85. The minimum Gasteiger partial charge on any atom is -0.476 e. The number of carbonyl (C=O) groups is 1. The third-order valence-corrected chi connectivity index (χ3v) is 2.26. The van der Waals surface area contributed by atoms with Crippen LogP contribution in [0, 0.1) is 0 Å². The van der Waals surface area contributed by atoms with Crippen LogP contribution in [0.5, 0.6) is 5.75 Å². The molecule has 1 heterocycles. The molecule has 0 atom stereocenters. The number of carboxylic acids is 1. The molecular formula is C12H10N2O6. The number of hydrogen-bond acceptors (Lipinski definition) is 7. The van der Waals surface area contributed by atoms with Crippen molar-refractivity contribution in [3.05, 3.63) is 42.4 Å². The largest absolute Gasteiger partial charge is 0.476 e. The number of aromatic nitrogens is 2. The van der Waals surface area contributed by atoms with Crippen LogP contribution in [0.4, 0.5) is 0 Å². The molecule has 1 aromatic heterocycles. The molecule has 2 rings (SSSR count). The van der Waals surface area contributed by atoms with Crippen LogP contribution in [0.3, 0.4) is 0 Å². The predicted octanol–water partition coefficient (Wildman–Crippen LogP) is -0.191. The zero-order valence-electron chi connectivity index (χ0n) is 9.96. The Hall–Kier alpha value is -2.55. The molecule has 0 radical (unpaired) electrons. The molecule has 0 amide bonds. The average Bonchev–Trinajstić information content (AvgIpc) is 2.38. The summed E-state index contributed by atoms with van der Waals surface area (Å²) in [5, 5.41) is 34.8. The summed E-state index contributed by atoms with van der Waals surface area (Å²) < 4.78 is 4.39. The third kappa shape index (κ3) is 3.48. The number of rotatable bonds is 4. The maximum Gasteiger partial charge on any atom is 0.453 e. The van der Waals surface area contributed by atoms with Gasteiger partial charge in [0.25, 0.3) is 0 Å². The smallest absolute Gasteiger partial charge is 0.453 e. The Morgan fingerprint density at radius 2 is 1.75 bits per heavy atom. The van der Waals surface area contributed by atoms with E-state index < -0.39 is 12.1 Å². The van der Waals surface area contributed by atoms with E-state index in [9.17, 15) is 4.79 Å². The van der Waals surface area contributed by atoms with E-state index in [1.54, 1.807) is 0 Å². The Labute approximate surface area is 112 Å². The van der Waals surface area contributed by atoms with Crippen LogP contribution in [0.2, 0.25) is 0 Å². The van der Waals surface area contributed by atoms with Gasteiger partial charge in [-0.05, 0) is 24.3 Å². The number of benzene rings is 1. The Bertz CT molecular complexity index is 621. The van der Waals surface area contributed by atoms with Crippen LogP contribution in [0.1, 0.15) is 10.5 Å². The maximum absolute atomic E-state index is 10.8. The van der Waals surface area contributed by atoms with Gasteiger partial charge in [-0.15, -0.1) is 0 Å². The van der Waals surface area contributed by atoms with Crippen molar-refractivity contribution in [3.8, 4) is 17.0 Å². The van der Waals surface area contributed by atoms with E-state index in [2.05, 4.69) is 14.7 Å². The first-order chi connectivity index (χ1) is 9.35. The van der Waals surface area contributed by atoms with Crippen molar-refractivity contribution in [1.82, 2.24) is 9.97 Å². The monoisotopic (exact) mass is 278 g/mol. The highest BCUT2D eigenvalue weighted by Crippen LogP contribution is 2.21. The van der Waals surface area contributed by atoms with E-state index in [1.165, 1.54) is 30.5 Å². The molecule has 0 aliphatic rings. The fourth-order valence-corrected chi connectivity index (χ4v) is 1.46. The number of ether oxygens (including phenoxy) is 1. The highest BCUT2D eigenvalue weighted by atomic mass is 16.9. The van der Waals surface area contributed by atoms with Crippen molar-refractivity contribution in [1.29, 1.82) is 0 Å². The van der Waals surface area contributed by atoms with Gasteiger partial charge >= 0.3 is 12.1 Å². The van der Waals surface area contributed by atoms with Gasteiger partial charge in [-0.1, -0.05) is 0 Å². The van der Waals surface area contributed by atoms with Gasteiger partial charge in [-0.25, -0.2) is 9.78 Å². The molecule has 0 aliphatic carbocycles. The maximum atomic E-state index is 10.8. The normalized spacial score (nSPS) is 11.2. The van der Waals surface area contributed by atoms with E-state index >= 15 is 0 Å². The van der Waals surface area contributed by atoms with Gasteiger partial charge in [-0.2, -0.15) is 0 Å². The van der Waals surface area contributed by atoms with Crippen LogP contribution in [0.25, 0.3) is 11.3 Å². The molecule has 2 aromatic rings. The van der Waals surface area contributed by atoms with E-state index in [4.69, 9.17) is 20.4 Å². The van der Waals surface area contributed by atoms with Crippen LogP contribution < -0.4 is 4.74 Å². The lowest BCUT2D eigenvalue weighted by Gasteiger charge is -2.15. The molecule has 4 N–H and O–H groups in total. The van der Waals surface area contributed by atoms with E-state index in [1.807, 2.05) is 0 Å². The molecule has 104 valence electrons. The second-order valence-corrected chi connectivity index (χ2v) is 3.80. The first-order valence-corrected chi connectivity index (χ1v) is 5.37. The van der Waals surface area contributed by atoms with Crippen LogP contribution in [-0.2, 0) is 0 Å². The Kier molecular flexibility index (Phi) is 3.61. The topological polar surface area (TPSA) is 133 Å². The first-order valence-electron chi connectivity index (χ1n) is 5.37. The number of aliphatic hydroxyl groups is 3. The fraction of sp³-hybridized carbons (Fsp3) is 0.0833. The lowest BCUT2D eigenvalue weighted by atomic mass is 10.1. The van der Waals surface area contributed by atoms with E-state index in [0.717, 1.165) is 6.20 Å². The van der Waals surface area contributed by atoms with Crippen molar-refractivity contribution in [3.63, 3.8) is 0 Å². The number of nitrogens with zero attached hydrogens (tertiary/aromatic N) is 2. The molecule has 0 spiro atoms. The predicted molar refractivity (Wildman–Crippen MR) is 64.4 cm³/mol. The molecule has 0 saturated carbocycles. The molecule has 20 heavy (non-hydrogen) atoms. The molecule has 0 saturated heterocycles. The number of carboxylic acid groups (broad SMARTS) is 1. The molecule has 0 unspecified atom stereocenters. The molecule has 0 fully saturated rings. The Morgan fingerprint density at radius 1 is 1.10 bits per heavy atom. The van der Waals surface area contributed by atoms with E-state index in [0.29, 0.717) is 11.3 Å². The van der Waals surface area contributed by atoms with Crippen molar-refractivity contribution >= 4 is 5.97 Å². The van der Waals surface area contributed by atoms with Gasteiger partial charge in [-0.3, -0.25) is 4.98 Å². The van der Waals surface area contributed by atoms with Crippen LogP contribution in [-0.4, -0.2) is 42.5 Å². The summed E-state index contributed by atoms with van der Waals surface area (Å²) >= 11 is 0. The molecule has 8 nitrogen and oxygen atoms in total. The van der Waals surface area contributed by atoms with Gasteiger partial charge < -0.3 is 25.2 Å². The van der Waals surface area contributed by atoms with Crippen molar-refractivity contribution < 1.29 is 30.0 Å². The minimum atomic E-state index is -3.26. The van der Waals surface area contributed by atoms with Gasteiger partial charge in [0.1, 0.15) is 5.75 Å². The lowest BCUT2D eigenvalue weighted by molar-refractivity contribution is -0.419. The van der Waals surface area contributed by atoms with Crippen molar-refractivity contribution in [2.24, 2.45) is 0 Å². The summed E-state index contributed by atoms with van der Waals surface area (Å²) in [5.74, 6) is -1.19.